The third-order valence-electron chi connectivity index (χ3n) is 4.72. The Hall–Kier alpha value is -2.69. The maximum absolute atomic E-state index is 13.2. The summed E-state index contributed by atoms with van der Waals surface area (Å²) < 4.78 is 16.3. The number of ether oxygens (including phenoxy) is 3. The maximum atomic E-state index is 13.2. The minimum absolute atomic E-state index is 0.0304. The van der Waals surface area contributed by atoms with Crippen LogP contribution in [0.5, 0.6) is 17.2 Å². The highest BCUT2D eigenvalue weighted by Crippen LogP contribution is 2.37. The van der Waals surface area contributed by atoms with Gasteiger partial charge in [-0.2, -0.15) is 0 Å². The standard InChI is InChI=1S/C21H25NO4/c1-4-26-16-12-10-15(11-13-16)18-8-6-14-22(18)21(23)17-7-5-9-19(24-2)20(17)25-3/h5,7,9-13,18H,4,6,8,14H2,1-3H3. The van der Waals surface area contributed by atoms with Crippen LogP contribution in [0.3, 0.4) is 0 Å². The van der Waals surface area contributed by atoms with Crippen LogP contribution in [0, 0.1) is 0 Å². The van der Waals surface area contributed by atoms with Gasteiger partial charge >= 0.3 is 0 Å². The molecule has 0 saturated carbocycles. The van der Waals surface area contributed by atoms with E-state index in [-0.39, 0.29) is 11.9 Å². The van der Waals surface area contributed by atoms with Gasteiger partial charge < -0.3 is 19.1 Å². The molecule has 1 unspecified atom stereocenters. The van der Waals surface area contributed by atoms with E-state index in [1.807, 2.05) is 42.2 Å². The number of para-hydroxylation sites is 1. The van der Waals surface area contributed by atoms with Gasteiger partial charge in [0.25, 0.3) is 5.91 Å². The number of benzene rings is 2. The van der Waals surface area contributed by atoms with Crippen LogP contribution >= 0.6 is 0 Å². The number of methoxy groups -OCH3 is 2. The first-order chi connectivity index (χ1) is 12.7. The quantitative estimate of drug-likeness (QED) is 0.783. The fourth-order valence-corrected chi connectivity index (χ4v) is 3.52. The number of likely N-dealkylation sites (tertiary alicyclic amines) is 1. The normalized spacial score (nSPS) is 16.4. The summed E-state index contributed by atoms with van der Waals surface area (Å²) in [7, 11) is 3.13. The highest BCUT2D eigenvalue weighted by atomic mass is 16.5. The highest BCUT2D eigenvalue weighted by Gasteiger charge is 2.32. The molecule has 0 radical (unpaired) electrons. The van der Waals surface area contributed by atoms with Gasteiger partial charge in [0.1, 0.15) is 5.75 Å². The lowest BCUT2D eigenvalue weighted by molar-refractivity contribution is 0.0731. The van der Waals surface area contributed by atoms with Crippen LogP contribution in [-0.2, 0) is 0 Å². The molecule has 2 aromatic rings. The average molecular weight is 355 g/mol. The molecule has 1 atom stereocenters. The third kappa shape index (κ3) is 3.47. The maximum Gasteiger partial charge on any atom is 0.258 e. The average Bonchev–Trinajstić information content (AvgIpc) is 3.17. The van der Waals surface area contributed by atoms with Crippen molar-refractivity contribution in [2.45, 2.75) is 25.8 Å². The Bertz CT molecular complexity index is 757. The Balaban J connectivity index is 1.87. The van der Waals surface area contributed by atoms with Crippen LogP contribution < -0.4 is 14.2 Å². The number of hydrogen-bond donors (Lipinski definition) is 0. The second-order valence-electron chi connectivity index (χ2n) is 6.20. The van der Waals surface area contributed by atoms with E-state index < -0.39 is 0 Å². The summed E-state index contributed by atoms with van der Waals surface area (Å²) in [6, 6.07) is 13.5. The number of amides is 1. The molecule has 1 saturated heterocycles. The minimum atomic E-state index is -0.0304. The highest BCUT2D eigenvalue weighted by molar-refractivity contribution is 5.98. The van der Waals surface area contributed by atoms with E-state index in [1.165, 1.54) is 0 Å². The summed E-state index contributed by atoms with van der Waals surface area (Å²) in [5.74, 6) is 1.87. The van der Waals surface area contributed by atoms with Gasteiger partial charge in [-0.05, 0) is 49.6 Å². The molecule has 138 valence electrons. The molecule has 2 aromatic carbocycles. The van der Waals surface area contributed by atoms with E-state index in [0.717, 1.165) is 30.7 Å². The monoisotopic (exact) mass is 355 g/mol. The first-order valence-corrected chi connectivity index (χ1v) is 8.94. The lowest BCUT2D eigenvalue weighted by Gasteiger charge is -2.26. The van der Waals surface area contributed by atoms with Gasteiger partial charge in [-0.3, -0.25) is 4.79 Å². The molecular weight excluding hydrogens is 330 g/mol. The molecular formula is C21H25NO4. The van der Waals surface area contributed by atoms with Crippen molar-refractivity contribution in [1.29, 1.82) is 0 Å². The van der Waals surface area contributed by atoms with Crippen molar-refractivity contribution < 1.29 is 19.0 Å². The van der Waals surface area contributed by atoms with Crippen molar-refractivity contribution in [1.82, 2.24) is 4.90 Å². The third-order valence-corrected chi connectivity index (χ3v) is 4.72. The van der Waals surface area contributed by atoms with E-state index >= 15 is 0 Å². The van der Waals surface area contributed by atoms with Crippen LogP contribution in [0.15, 0.2) is 42.5 Å². The molecule has 1 amide bonds. The predicted octanol–water partition coefficient (Wildman–Crippen LogP) is 4.08. The Morgan fingerprint density at radius 3 is 2.54 bits per heavy atom. The van der Waals surface area contributed by atoms with E-state index in [2.05, 4.69) is 0 Å². The molecule has 1 fully saturated rings. The Morgan fingerprint density at radius 1 is 1.12 bits per heavy atom. The number of rotatable bonds is 6. The molecule has 0 spiro atoms. The van der Waals surface area contributed by atoms with Gasteiger partial charge in [0.2, 0.25) is 0 Å². The Kier molecular flexibility index (Phi) is 5.66. The second kappa shape index (κ2) is 8.13. The fourth-order valence-electron chi connectivity index (χ4n) is 3.52. The van der Waals surface area contributed by atoms with E-state index in [4.69, 9.17) is 14.2 Å². The predicted molar refractivity (Wildman–Crippen MR) is 100 cm³/mol. The van der Waals surface area contributed by atoms with Crippen LogP contribution in [0.1, 0.15) is 41.7 Å². The van der Waals surface area contributed by atoms with Gasteiger partial charge in [0.05, 0.1) is 32.4 Å². The summed E-state index contributed by atoms with van der Waals surface area (Å²) in [5, 5.41) is 0. The van der Waals surface area contributed by atoms with Gasteiger partial charge in [-0.15, -0.1) is 0 Å². The smallest absolute Gasteiger partial charge is 0.258 e. The molecule has 5 heteroatoms. The molecule has 0 aromatic heterocycles. The van der Waals surface area contributed by atoms with Crippen molar-refractivity contribution in [3.63, 3.8) is 0 Å². The van der Waals surface area contributed by atoms with Gasteiger partial charge in [0, 0.05) is 6.54 Å². The summed E-state index contributed by atoms with van der Waals surface area (Å²) in [4.78, 5) is 15.1. The first kappa shape index (κ1) is 18.1. The van der Waals surface area contributed by atoms with E-state index in [1.54, 1.807) is 26.4 Å². The topological polar surface area (TPSA) is 48.0 Å². The zero-order valence-corrected chi connectivity index (χ0v) is 15.5. The van der Waals surface area contributed by atoms with Crippen LogP contribution in [0.2, 0.25) is 0 Å². The fraction of sp³-hybridized carbons (Fsp3) is 0.381. The zero-order chi connectivity index (χ0) is 18.5. The summed E-state index contributed by atoms with van der Waals surface area (Å²) in [6.45, 7) is 3.34. The van der Waals surface area contributed by atoms with Crippen molar-refractivity contribution in [2.24, 2.45) is 0 Å². The lowest BCUT2D eigenvalue weighted by Crippen LogP contribution is -2.30. The number of nitrogens with zero attached hydrogens (tertiary/aromatic N) is 1. The van der Waals surface area contributed by atoms with Crippen LogP contribution in [0.4, 0.5) is 0 Å². The van der Waals surface area contributed by atoms with Gasteiger partial charge in [-0.1, -0.05) is 18.2 Å². The summed E-state index contributed by atoms with van der Waals surface area (Å²) in [5.41, 5.74) is 1.66. The number of hydrogen-bond acceptors (Lipinski definition) is 4. The van der Waals surface area contributed by atoms with Gasteiger partial charge in [-0.25, -0.2) is 0 Å². The molecule has 0 N–H and O–H groups in total. The summed E-state index contributed by atoms with van der Waals surface area (Å²) >= 11 is 0. The number of carbonyl (C=O) groups excluding carboxylic acids is 1. The molecule has 3 rings (SSSR count). The molecule has 1 aliphatic heterocycles. The summed E-state index contributed by atoms with van der Waals surface area (Å²) in [6.07, 6.45) is 1.93. The molecule has 1 heterocycles. The second-order valence-corrected chi connectivity index (χ2v) is 6.20. The van der Waals surface area contributed by atoms with Crippen LogP contribution in [-0.4, -0.2) is 38.2 Å². The molecule has 0 aliphatic carbocycles. The molecule has 1 aliphatic rings. The first-order valence-electron chi connectivity index (χ1n) is 8.94. The Morgan fingerprint density at radius 2 is 1.88 bits per heavy atom. The van der Waals surface area contributed by atoms with Crippen molar-refractivity contribution in [3.8, 4) is 17.2 Å². The van der Waals surface area contributed by atoms with Crippen molar-refractivity contribution in [2.75, 3.05) is 27.4 Å². The van der Waals surface area contributed by atoms with E-state index in [9.17, 15) is 4.79 Å². The van der Waals surface area contributed by atoms with E-state index in [0.29, 0.717) is 23.7 Å². The van der Waals surface area contributed by atoms with Crippen molar-refractivity contribution in [3.05, 3.63) is 53.6 Å². The molecule has 5 nitrogen and oxygen atoms in total. The minimum Gasteiger partial charge on any atom is -0.494 e. The van der Waals surface area contributed by atoms with Crippen molar-refractivity contribution >= 4 is 5.91 Å². The lowest BCUT2D eigenvalue weighted by atomic mass is 10.0. The van der Waals surface area contributed by atoms with Gasteiger partial charge in [0.15, 0.2) is 11.5 Å². The SMILES string of the molecule is CCOc1ccc(C2CCCN2C(=O)c2cccc(OC)c2OC)cc1. The molecule has 0 bridgehead atoms. The molecule has 26 heavy (non-hydrogen) atoms. The van der Waals surface area contributed by atoms with Crippen LogP contribution in [0.25, 0.3) is 0 Å². The number of carbonyl (C=O) groups is 1. The zero-order valence-electron chi connectivity index (χ0n) is 15.5. The Labute approximate surface area is 154 Å². The largest absolute Gasteiger partial charge is 0.494 e.